The normalized spacial score (nSPS) is 12.9. The number of benzene rings is 1. The standard InChI is InChI=1S/C8H12NOS/c9-11(7-6-10)8-4-2-1-3-5-8/h1-5,10H,6-7,9H2/q+1. The first kappa shape index (κ1) is 8.59. The van der Waals surface area contributed by atoms with Gasteiger partial charge in [-0.1, -0.05) is 18.2 Å². The van der Waals surface area contributed by atoms with Crippen LogP contribution in [0.5, 0.6) is 0 Å². The summed E-state index contributed by atoms with van der Waals surface area (Å²) in [6, 6.07) is 9.84. The Hall–Kier alpha value is -0.510. The van der Waals surface area contributed by atoms with Crippen LogP contribution in [0.2, 0.25) is 0 Å². The maximum atomic E-state index is 8.62. The van der Waals surface area contributed by atoms with Gasteiger partial charge >= 0.3 is 0 Å². The third-order valence-electron chi connectivity index (χ3n) is 1.36. The van der Waals surface area contributed by atoms with Gasteiger partial charge in [0.05, 0.1) is 6.61 Å². The Morgan fingerprint density at radius 1 is 1.27 bits per heavy atom. The van der Waals surface area contributed by atoms with E-state index in [1.54, 1.807) is 0 Å². The first-order valence-corrected chi connectivity index (χ1v) is 4.91. The maximum Gasteiger partial charge on any atom is 0.175 e. The van der Waals surface area contributed by atoms with Gasteiger partial charge in [-0.3, -0.25) is 0 Å². The number of hydrogen-bond acceptors (Lipinski definition) is 2. The second kappa shape index (κ2) is 4.38. The summed E-state index contributed by atoms with van der Waals surface area (Å²) >= 11 is -0.283. The summed E-state index contributed by atoms with van der Waals surface area (Å²) in [6.07, 6.45) is 0. The second-order valence-electron chi connectivity index (χ2n) is 2.17. The van der Waals surface area contributed by atoms with Crippen molar-refractivity contribution in [2.75, 3.05) is 12.4 Å². The highest BCUT2D eigenvalue weighted by Gasteiger charge is 2.14. The van der Waals surface area contributed by atoms with E-state index in [0.717, 1.165) is 4.90 Å². The van der Waals surface area contributed by atoms with Gasteiger partial charge in [-0.25, -0.2) is 0 Å². The van der Waals surface area contributed by atoms with Crippen molar-refractivity contribution in [2.45, 2.75) is 4.90 Å². The molecule has 0 aliphatic carbocycles. The SMILES string of the molecule is N[S+](CCO)c1ccccc1. The molecule has 0 aromatic heterocycles. The third-order valence-corrected chi connectivity index (χ3v) is 2.86. The van der Waals surface area contributed by atoms with Crippen molar-refractivity contribution in [3.8, 4) is 0 Å². The molecule has 1 aromatic carbocycles. The predicted octanol–water partition coefficient (Wildman–Crippen LogP) is 0.530. The van der Waals surface area contributed by atoms with Crippen LogP contribution < -0.4 is 5.14 Å². The average Bonchev–Trinajstić information content (AvgIpc) is 2.07. The summed E-state index contributed by atoms with van der Waals surface area (Å²) in [6.45, 7) is 0.161. The monoisotopic (exact) mass is 170 g/mol. The molecular formula is C8H12NOS+. The van der Waals surface area contributed by atoms with Crippen LogP contribution in [0.3, 0.4) is 0 Å². The van der Waals surface area contributed by atoms with Crippen LogP contribution >= 0.6 is 0 Å². The zero-order valence-electron chi connectivity index (χ0n) is 6.23. The smallest absolute Gasteiger partial charge is 0.175 e. The Kier molecular flexibility index (Phi) is 3.42. The zero-order valence-corrected chi connectivity index (χ0v) is 7.05. The summed E-state index contributed by atoms with van der Waals surface area (Å²) in [5.41, 5.74) is 0. The number of rotatable bonds is 3. The van der Waals surface area contributed by atoms with Crippen LogP contribution in [0.1, 0.15) is 0 Å². The largest absolute Gasteiger partial charge is 0.391 e. The van der Waals surface area contributed by atoms with E-state index in [9.17, 15) is 0 Å². The lowest BCUT2D eigenvalue weighted by molar-refractivity contribution is 0.322. The van der Waals surface area contributed by atoms with Gasteiger partial charge in [0.15, 0.2) is 10.6 Å². The Morgan fingerprint density at radius 3 is 2.45 bits per heavy atom. The minimum absolute atomic E-state index is 0.161. The molecule has 3 heteroatoms. The van der Waals surface area contributed by atoms with Gasteiger partial charge in [0.2, 0.25) is 0 Å². The number of aliphatic hydroxyl groups excluding tert-OH is 1. The van der Waals surface area contributed by atoms with Crippen molar-refractivity contribution in [3.05, 3.63) is 30.3 Å². The predicted molar refractivity (Wildman–Crippen MR) is 48.2 cm³/mol. The van der Waals surface area contributed by atoms with E-state index in [-0.39, 0.29) is 17.7 Å². The molecule has 1 unspecified atom stereocenters. The molecule has 1 atom stereocenters. The molecule has 0 radical (unpaired) electrons. The first-order chi connectivity index (χ1) is 5.34. The Bertz CT molecular complexity index is 203. The average molecular weight is 170 g/mol. The van der Waals surface area contributed by atoms with E-state index < -0.39 is 0 Å². The van der Waals surface area contributed by atoms with Crippen molar-refractivity contribution in [3.63, 3.8) is 0 Å². The summed E-state index contributed by atoms with van der Waals surface area (Å²) < 4.78 is 0. The molecule has 0 amide bonds. The van der Waals surface area contributed by atoms with Gasteiger partial charge < -0.3 is 5.11 Å². The lowest BCUT2D eigenvalue weighted by atomic mass is 10.4. The summed E-state index contributed by atoms with van der Waals surface area (Å²) in [7, 11) is 0. The van der Waals surface area contributed by atoms with Gasteiger partial charge in [0.25, 0.3) is 0 Å². The molecule has 0 fully saturated rings. The van der Waals surface area contributed by atoms with Crippen molar-refractivity contribution >= 4 is 11.1 Å². The van der Waals surface area contributed by atoms with Crippen LogP contribution in [-0.2, 0) is 11.1 Å². The fourth-order valence-corrected chi connectivity index (χ4v) is 1.75. The van der Waals surface area contributed by atoms with E-state index in [1.807, 2.05) is 30.3 Å². The summed E-state index contributed by atoms with van der Waals surface area (Å²) in [4.78, 5) is 1.11. The Labute approximate surface area is 69.5 Å². The minimum atomic E-state index is -0.283. The molecule has 0 spiro atoms. The summed E-state index contributed by atoms with van der Waals surface area (Å²) in [5, 5.41) is 14.4. The van der Waals surface area contributed by atoms with Crippen LogP contribution in [0, 0.1) is 0 Å². The molecule has 0 saturated carbocycles. The van der Waals surface area contributed by atoms with Crippen molar-refractivity contribution < 1.29 is 5.11 Å². The number of nitrogens with two attached hydrogens (primary N) is 1. The molecule has 1 rings (SSSR count). The molecule has 1 aromatic rings. The molecule has 0 heterocycles. The highest BCUT2D eigenvalue weighted by atomic mass is 32.2. The van der Waals surface area contributed by atoms with E-state index in [1.165, 1.54) is 0 Å². The molecular weight excluding hydrogens is 158 g/mol. The highest BCUT2D eigenvalue weighted by Crippen LogP contribution is 2.06. The topological polar surface area (TPSA) is 46.2 Å². The second-order valence-corrected chi connectivity index (χ2v) is 3.91. The molecule has 11 heavy (non-hydrogen) atoms. The molecule has 2 nitrogen and oxygen atoms in total. The van der Waals surface area contributed by atoms with Crippen molar-refractivity contribution in [1.82, 2.24) is 0 Å². The molecule has 3 N–H and O–H groups in total. The van der Waals surface area contributed by atoms with E-state index in [4.69, 9.17) is 10.2 Å². The van der Waals surface area contributed by atoms with Crippen molar-refractivity contribution in [1.29, 1.82) is 0 Å². The molecule has 0 saturated heterocycles. The highest BCUT2D eigenvalue weighted by molar-refractivity contribution is 7.94. The lowest BCUT2D eigenvalue weighted by Gasteiger charge is -1.97. The number of aliphatic hydroxyl groups is 1. The van der Waals surface area contributed by atoms with Crippen molar-refractivity contribution in [2.24, 2.45) is 5.14 Å². The van der Waals surface area contributed by atoms with Gasteiger partial charge in [-0.05, 0) is 12.1 Å². The quantitative estimate of drug-likeness (QED) is 0.650. The fraction of sp³-hybridized carbons (Fsp3) is 0.250. The minimum Gasteiger partial charge on any atom is -0.391 e. The van der Waals surface area contributed by atoms with Gasteiger partial charge in [-0.15, -0.1) is 5.14 Å². The molecule has 0 bridgehead atoms. The Morgan fingerprint density at radius 2 is 1.91 bits per heavy atom. The van der Waals surface area contributed by atoms with E-state index in [0.29, 0.717) is 5.75 Å². The van der Waals surface area contributed by atoms with Crippen LogP contribution in [0.25, 0.3) is 0 Å². The van der Waals surface area contributed by atoms with Gasteiger partial charge in [0, 0.05) is 0 Å². The Balaban J connectivity index is 2.61. The summed E-state index contributed by atoms with van der Waals surface area (Å²) in [5.74, 6) is 0.657. The lowest BCUT2D eigenvalue weighted by Crippen LogP contribution is -2.20. The fourth-order valence-electron chi connectivity index (χ4n) is 0.811. The van der Waals surface area contributed by atoms with E-state index in [2.05, 4.69) is 0 Å². The molecule has 0 aliphatic heterocycles. The molecule has 0 aliphatic rings. The first-order valence-electron chi connectivity index (χ1n) is 3.46. The number of hydrogen-bond donors (Lipinski definition) is 2. The van der Waals surface area contributed by atoms with Crippen LogP contribution in [0.4, 0.5) is 0 Å². The van der Waals surface area contributed by atoms with Gasteiger partial charge in [0.1, 0.15) is 11.1 Å². The van der Waals surface area contributed by atoms with Gasteiger partial charge in [-0.2, -0.15) is 0 Å². The van der Waals surface area contributed by atoms with Crippen LogP contribution in [-0.4, -0.2) is 17.5 Å². The van der Waals surface area contributed by atoms with Crippen LogP contribution in [0.15, 0.2) is 35.2 Å². The van der Waals surface area contributed by atoms with E-state index >= 15 is 0 Å². The zero-order chi connectivity index (χ0) is 8.10. The third kappa shape index (κ3) is 2.54. The molecule has 60 valence electrons. The maximum absolute atomic E-state index is 8.62.